The van der Waals surface area contributed by atoms with E-state index in [9.17, 15) is 18.0 Å². The van der Waals surface area contributed by atoms with Gasteiger partial charge in [0.1, 0.15) is 0 Å². The molecule has 0 spiro atoms. The number of aryl methyl sites for hydroxylation is 2. The van der Waals surface area contributed by atoms with Gasteiger partial charge in [-0.25, -0.2) is 9.50 Å². The van der Waals surface area contributed by atoms with Gasteiger partial charge in [0.2, 0.25) is 0 Å². The molecule has 0 aliphatic carbocycles. The molecule has 5 nitrogen and oxygen atoms in total. The average Bonchev–Trinajstić information content (AvgIpc) is 3.23. The van der Waals surface area contributed by atoms with Crippen LogP contribution in [0.2, 0.25) is 0 Å². The Morgan fingerprint density at radius 2 is 1.68 bits per heavy atom. The summed E-state index contributed by atoms with van der Waals surface area (Å²) in [6.45, 7) is 7.62. The molecule has 0 bridgehead atoms. The van der Waals surface area contributed by atoms with Gasteiger partial charge < -0.3 is 4.74 Å². The number of halogens is 3. The lowest BCUT2D eigenvalue weighted by Gasteiger charge is -2.15. The van der Waals surface area contributed by atoms with Gasteiger partial charge in [0.25, 0.3) is 0 Å². The van der Waals surface area contributed by atoms with E-state index in [0.29, 0.717) is 22.5 Å². The summed E-state index contributed by atoms with van der Waals surface area (Å²) in [5.74, 6) is -0.935. The monoisotopic (exact) mass is 469 g/mol. The molecule has 4 aromatic rings. The highest BCUT2D eigenvalue weighted by Crippen LogP contribution is 2.32. The number of aromatic nitrogens is 3. The predicted molar refractivity (Wildman–Crippen MR) is 124 cm³/mol. The number of carbonyl (C=O) groups is 1. The molecule has 34 heavy (non-hydrogen) atoms. The van der Waals surface area contributed by atoms with Crippen LogP contribution in [0.3, 0.4) is 0 Å². The van der Waals surface area contributed by atoms with Gasteiger partial charge in [-0.15, -0.1) is 0 Å². The Bertz CT molecular complexity index is 1250. The van der Waals surface area contributed by atoms with Crippen molar-refractivity contribution in [3.8, 4) is 11.1 Å². The average molecular weight is 470 g/mol. The number of hydrogen-bond donors (Lipinski definition) is 0. The van der Waals surface area contributed by atoms with Crippen molar-refractivity contribution >= 4 is 11.6 Å². The summed E-state index contributed by atoms with van der Waals surface area (Å²) in [6.07, 6.45) is -1.24. The fraction of sp³-hybridized carbons (Fsp3) is 0.269. The van der Waals surface area contributed by atoms with Crippen LogP contribution in [0.1, 0.15) is 42.1 Å². The van der Waals surface area contributed by atoms with E-state index in [-0.39, 0.29) is 12.6 Å². The van der Waals surface area contributed by atoms with E-state index in [1.54, 1.807) is 24.6 Å². The number of alkyl halides is 3. The summed E-state index contributed by atoms with van der Waals surface area (Å²) in [6, 6.07) is 15.1. The maximum absolute atomic E-state index is 12.8. The molecule has 0 amide bonds. The maximum atomic E-state index is 12.8. The lowest BCUT2D eigenvalue weighted by atomic mass is 10.0. The molecule has 4 rings (SSSR count). The maximum Gasteiger partial charge on any atom is 0.416 e. The molecule has 1 atom stereocenters. The highest BCUT2D eigenvalue weighted by molar-refractivity contribution is 5.80. The second-order valence-corrected chi connectivity index (χ2v) is 7.82. The summed E-state index contributed by atoms with van der Waals surface area (Å²) in [4.78, 5) is 16.5. The predicted octanol–water partition coefficient (Wildman–Crippen LogP) is 6.39. The van der Waals surface area contributed by atoms with E-state index in [4.69, 9.17) is 4.74 Å². The van der Waals surface area contributed by atoms with Crippen LogP contribution in [-0.4, -0.2) is 27.2 Å². The SMILES string of the molecule is CCOC(=O)C(C)c1c(C)cnc2c(-c3ccc(C(F)(F)F)cc3)cnn12.Cc1ccccc1. The Kier molecular flexibility index (Phi) is 7.71. The minimum absolute atomic E-state index is 0.270. The third-order valence-electron chi connectivity index (χ3n) is 5.27. The summed E-state index contributed by atoms with van der Waals surface area (Å²) in [5.41, 5.74) is 3.61. The van der Waals surface area contributed by atoms with Crippen molar-refractivity contribution in [2.45, 2.75) is 39.8 Å². The van der Waals surface area contributed by atoms with Gasteiger partial charge in [-0.3, -0.25) is 4.79 Å². The lowest BCUT2D eigenvalue weighted by Crippen LogP contribution is -2.18. The molecule has 2 aromatic carbocycles. The molecule has 0 N–H and O–H groups in total. The van der Waals surface area contributed by atoms with Crippen molar-refractivity contribution in [3.05, 3.63) is 89.4 Å². The number of ether oxygens (including phenoxy) is 1. The Balaban J connectivity index is 0.000000396. The Labute approximate surface area is 196 Å². The number of fused-ring (bicyclic) bond motifs is 1. The van der Waals surface area contributed by atoms with E-state index >= 15 is 0 Å². The van der Waals surface area contributed by atoms with E-state index in [2.05, 4.69) is 29.1 Å². The van der Waals surface area contributed by atoms with Gasteiger partial charge in [-0.1, -0.05) is 48.0 Å². The van der Waals surface area contributed by atoms with Crippen LogP contribution in [-0.2, 0) is 15.7 Å². The standard InChI is InChI=1S/C19H18F3N3O2.C7H8/c1-4-27-18(26)12(3)16-11(2)9-23-17-15(10-24-25(16)17)13-5-7-14(8-6-13)19(20,21)22;1-7-5-3-2-4-6-7/h5-10,12H,4H2,1-3H3;2-6H,1H3. The van der Waals surface area contributed by atoms with Crippen LogP contribution in [0, 0.1) is 13.8 Å². The van der Waals surface area contributed by atoms with Crippen LogP contribution >= 0.6 is 0 Å². The fourth-order valence-corrected chi connectivity index (χ4v) is 3.51. The molecule has 0 aliphatic rings. The quantitative estimate of drug-likeness (QED) is 0.325. The molecule has 1 unspecified atom stereocenters. The van der Waals surface area contributed by atoms with Crippen molar-refractivity contribution in [2.24, 2.45) is 0 Å². The van der Waals surface area contributed by atoms with Crippen molar-refractivity contribution in [1.29, 1.82) is 0 Å². The van der Waals surface area contributed by atoms with Gasteiger partial charge in [-0.05, 0) is 51.0 Å². The third kappa shape index (κ3) is 5.62. The number of carbonyl (C=O) groups excluding carboxylic acids is 1. The van der Waals surface area contributed by atoms with Crippen LogP contribution < -0.4 is 0 Å². The molecule has 178 valence electrons. The van der Waals surface area contributed by atoms with Crippen molar-refractivity contribution in [1.82, 2.24) is 14.6 Å². The van der Waals surface area contributed by atoms with Gasteiger partial charge in [0.05, 0.1) is 30.0 Å². The summed E-state index contributed by atoms with van der Waals surface area (Å²) >= 11 is 0. The second-order valence-electron chi connectivity index (χ2n) is 7.82. The minimum atomic E-state index is -4.39. The second kappa shape index (κ2) is 10.5. The van der Waals surface area contributed by atoms with Crippen LogP contribution in [0.25, 0.3) is 16.8 Å². The molecule has 0 fully saturated rings. The Morgan fingerprint density at radius 3 is 2.21 bits per heavy atom. The summed E-state index contributed by atoms with van der Waals surface area (Å²) in [5, 5.41) is 4.31. The number of benzene rings is 2. The molecule has 2 heterocycles. The van der Waals surface area contributed by atoms with E-state index < -0.39 is 17.7 Å². The fourth-order valence-electron chi connectivity index (χ4n) is 3.51. The van der Waals surface area contributed by atoms with Crippen LogP contribution in [0.4, 0.5) is 13.2 Å². The van der Waals surface area contributed by atoms with E-state index in [0.717, 1.165) is 17.7 Å². The first-order chi connectivity index (χ1) is 16.1. The number of nitrogens with zero attached hydrogens (tertiary/aromatic N) is 3. The van der Waals surface area contributed by atoms with Gasteiger partial charge in [-0.2, -0.15) is 18.3 Å². The molecule has 0 saturated heterocycles. The molecule has 0 radical (unpaired) electrons. The number of rotatable bonds is 4. The molecule has 2 aromatic heterocycles. The minimum Gasteiger partial charge on any atom is -0.465 e. The molecule has 8 heteroatoms. The van der Waals surface area contributed by atoms with Gasteiger partial charge >= 0.3 is 12.1 Å². The first-order valence-corrected chi connectivity index (χ1v) is 10.8. The molecular formula is C26H26F3N3O2. The lowest BCUT2D eigenvalue weighted by molar-refractivity contribution is -0.144. The highest BCUT2D eigenvalue weighted by atomic mass is 19.4. The van der Waals surface area contributed by atoms with Crippen molar-refractivity contribution < 1.29 is 22.7 Å². The zero-order valence-electron chi connectivity index (χ0n) is 19.4. The highest BCUT2D eigenvalue weighted by Gasteiger charge is 2.30. The first kappa shape index (κ1) is 25.0. The van der Waals surface area contributed by atoms with E-state index in [1.165, 1.54) is 23.9 Å². The van der Waals surface area contributed by atoms with Crippen molar-refractivity contribution in [2.75, 3.05) is 6.61 Å². The van der Waals surface area contributed by atoms with Gasteiger partial charge in [0.15, 0.2) is 5.65 Å². The Morgan fingerprint density at radius 1 is 1.03 bits per heavy atom. The zero-order chi connectivity index (χ0) is 24.9. The zero-order valence-corrected chi connectivity index (χ0v) is 19.4. The molecule has 0 saturated carbocycles. The van der Waals surface area contributed by atoms with Crippen LogP contribution in [0.15, 0.2) is 67.0 Å². The molecular weight excluding hydrogens is 443 g/mol. The third-order valence-corrected chi connectivity index (χ3v) is 5.27. The summed E-state index contributed by atoms with van der Waals surface area (Å²) < 4.78 is 44.9. The summed E-state index contributed by atoms with van der Waals surface area (Å²) in [7, 11) is 0. The number of hydrogen-bond acceptors (Lipinski definition) is 4. The Hall–Kier alpha value is -3.68. The smallest absolute Gasteiger partial charge is 0.416 e. The molecule has 0 aliphatic heterocycles. The largest absolute Gasteiger partial charge is 0.465 e. The van der Waals surface area contributed by atoms with Crippen molar-refractivity contribution in [3.63, 3.8) is 0 Å². The van der Waals surface area contributed by atoms with Crippen LogP contribution in [0.5, 0.6) is 0 Å². The number of esters is 1. The topological polar surface area (TPSA) is 56.5 Å². The van der Waals surface area contributed by atoms with E-state index in [1.807, 2.05) is 25.1 Å². The first-order valence-electron chi connectivity index (χ1n) is 10.8. The van der Waals surface area contributed by atoms with Gasteiger partial charge in [0, 0.05) is 11.8 Å². The normalized spacial score (nSPS) is 12.1.